The lowest BCUT2D eigenvalue weighted by Crippen LogP contribution is -1.98. The smallest absolute Gasteiger partial charge is 0.227 e. The number of halogens is 1. The van der Waals surface area contributed by atoms with Gasteiger partial charge in [0.1, 0.15) is 17.2 Å². The van der Waals surface area contributed by atoms with Crippen molar-refractivity contribution in [1.29, 1.82) is 0 Å². The zero-order chi connectivity index (χ0) is 19.6. The quantitative estimate of drug-likeness (QED) is 0.443. The highest BCUT2D eigenvalue weighted by atomic mass is 35.5. The number of aromatic nitrogens is 6. The van der Waals surface area contributed by atoms with Crippen LogP contribution in [0.3, 0.4) is 0 Å². The number of hydrogen-bond acceptors (Lipinski definition) is 6. The molecule has 1 N–H and O–H groups in total. The summed E-state index contributed by atoms with van der Waals surface area (Å²) in [5, 5.41) is 8.29. The van der Waals surface area contributed by atoms with Gasteiger partial charge in [-0.05, 0) is 36.4 Å². The predicted octanol–water partition coefficient (Wildman–Crippen LogP) is 4.65. The molecule has 0 amide bonds. The van der Waals surface area contributed by atoms with Gasteiger partial charge in [0, 0.05) is 18.1 Å². The number of rotatable bonds is 4. The summed E-state index contributed by atoms with van der Waals surface area (Å²) in [5.41, 5.74) is 4.65. The van der Waals surface area contributed by atoms with Crippen LogP contribution < -0.4 is 5.32 Å². The molecule has 8 heteroatoms. The molecule has 0 aliphatic rings. The van der Waals surface area contributed by atoms with Crippen LogP contribution in [0.1, 0.15) is 0 Å². The molecule has 4 aromatic heterocycles. The van der Waals surface area contributed by atoms with Gasteiger partial charge >= 0.3 is 0 Å². The maximum atomic E-state index is 6.11. The van der Waals surface area contributed by atoms with Crippen molar-refractivity contribution in [3.05, 3.63) is 84.5 Å². The molecule has 0 atom stereocenters. The molecule has 0 bridgehead atoms. The lowest BCUT2D eigenvalue weighted by atomic mass is 10.1. The highest BCUT2D eigenvalue weighted by molar-refractivity contribution is 6.29. The van der Waals surface area contributed by atoms with E-state index in [-0.39, 0.29) is 0 Å². The van der Waals surface area contributed by atoms with Crippen molar-refractivity contribution < 1.29 is 0 Å². The van der Waals surface area contributed by atoms with Crippen LogP contribution in [0.5, 0.6) is 0 Å². The normalized spacial score (nSPS) is 10.9. The fraction of sp³-hybridized carbons (Fsp3) is 0. The van der Waals surface area contributed by atoms with Crippen molar-refractivity contribution in [3.8, 4) is 22.6 Å². The van der Waals surface area contributed by atoms with Gasteiger partial charge in [-0.25, -0.2) is 24.5 Å². The van der Waals surface area contributed by atoms with E-state index in [0.717, 1.165) is 22.5 Å². The van der Waals surface area contributed by atoms with Crippen LogP contribution in [-0.2, 0) is 0 Å². The second kappa shape index (κ2) is 7.29. The first-order chi connectivity index (χ1) is 14.3. The summed E-state index contributed by atoms with van der Waals surface area (Å²) in [6, 6.07) is 19.0. The summed E-state index contributed by atoms with van der Waals surface area (Å²) in [4.78, 5) is 17.6. The van der Waals surface area contributed by atoms with Gasteiger partial charge in [-0.1, -0.05) is 35.9 Å². The average molecular weight is 400 g/mol. The molecule has 0 aliphatic carbocycles. The summed E-state index contributed by atoms with van der Waals surface area (Å²) in [6.07, 6.45) is 5.09. The largest absolute Gasteiger partial charge is 0.324 e. The Morgan fingerprint density at radius 1 is 0.828 bits per heavy atom. The van der Waals surface area contributed by atoms with Crippen molar-refractivity contribution in [2.45, 2.75) is 0 Å². The number of nitrogens with zero attached hydrogens (tertiary/aromatic N) is 6. The Kier molecular flexibility index (Phi) is 4.34. The van der Waals surface area contributed by atoms with Crippen LogP contribution in [0.2, 0.25) is 5.15 Å². The van der Waals surface area contributed by atoms with Crippen LogP contribution in [0, 0.1) is 0 Å². The third-order valence-corrected chi connectivity index (χ3v) is 4.55. The molecule has 5 aromatic rings. The molecule has 0 fully saturated rings. The van der Waals surface area contributed by atoms with Gasteiger partial charge < -0.3 is 5.32 Å². The molecule has 0 unspecified atom stereocenters. The van der Waals surface area contributed by atoms with Gasteiger partial charge in [0.2, 0.25) is 5.95 Å². The fourth-order valence-corrected chi connectivity index (χ4v) is 3.25. The van der Waals surface area contributed by atoms with Gasteiger partial charge in [0.25, 0.3) is 0 Å². The first-order valence-corrected chi connectivity index (χ1v) is 9.26. The van der Waals surface area contributed by atoms with Crippen molar-refractivity contribution in [3.63, 3.8) is 0 Å². The third-order valence-electron chi connectivity index (χ3n) is 4.34. The minimum atomic E-state index is 0.401. The first-order valence-electron chi connectivity index (χ1n) is 8.89. The Bertz CT molecular complexity index is 1300. The summed E-state index contributed by atoms with van der Waals surface area (Å²) in [7, 11) is 0. The van der Waals surface area contributed by atoms with Crippen LogP contribution >= 0.6 is 11.6 Å². The van der Waals surface area contributed by atoms with E-state index >= 15 is 0 Å². The molecule has 0 radical (unpaired) electrons. The zero-order valence-electron chi connectivity index (χ0n) is 15.1. The third kappa shape index (κ3) is 3.39. The van der Waals surface area contributed by atoms with Gasteiger partial charge in [-0.2, -0.15) is 5.10 Å². The SMILES string of the molecule is Clc1cccc(-c2nn3cnccc3c2-c2ccnc(Nc3ccccc3)n2)n1. The molecular formula is C21H14ClN7. The lowest BCUT2D eigenvalue weighted by molar-refractivity contribution is 0.923. The fourth-order valence-electron chi connectivity index (χ4n) is 3.09. The molecule has 0 saturated heterocycles. The maximum Gasteiger partial charge on any atom is 0.227 e. The Labute approximate surface area is 171 Å². The molecule has 7 nitrogen and oxygen atoms in total. The van der Waals surface area contributed by atoms with Crippen LogP contribution in [0.15, 0.2) is 79.4 Å². The van der Waals surface area contributed by atoms with Crippen LogP contribution in [-0.4, -0.2) is 29.5 Å². The van der Waals surface area contributed by atoms with Gasteiger partial charge in [0.15, 0.2) is 0 Å². The summed E-state index contributed by atoms with van der Waals surface area (Å²) in [5.74, 6) is 0.493. The van der Waals surface area contributed by atoms with E-state index in [1.165, 1.54) is 0 Å². The molecule has 1 aromatic carbocycles. The van der Waals surface area contributed by atoms with Crippen molar-refractivity contribution in [2.24, 2.45) is 0 Å². The van der Waals surface area contributed by atoms with E-state index in [4.69, 9.17) is 16.6 Å². The first kappa shape index (κ1) is 17.3. The number of para-hydroxylation sites is 1. The number of benzene rings is 1. The lowest BCUT2D eigenvalue weighted by Gasteiger charge is -2.07. The van der Waals surface area contributed by atoms with Gasteiger partial charge in [-0.3, -0.25) is 0 Å². The van der Waals surface area contributed by atoms with E-state index in [1.54, 1.807) is 29.3 Å². The molecule has 0 aliphatic heterocycles. The van der Waals surface area contributed by atoms with Gasteiger partial charge in [-0.15, -0.1) is 0 Å². The standard InChI is InChI=1S/C21H14ClN7/c22-18-8-4-7-16(26-18)20-19(17-10-11-23-13-29(17)28-20)15-9-12-24-21(27-15)25-14-5-2-1-3-6-14/h1-13H,(H,24,25,27). The number of hydrogen-bond donors (Lipinski definition) is 1. The molecule has 0 saturated carbocycles. The molecule has 140 valence electrons. The van der Waals surface area contributed by atoms with Crippen molar-refractivity contribution in [1.82, 2.24) is 29.5 Å². The number of nitrogens with one attached hydrogen (secondary N) is 1. The molecule has 4 heterocycles. The van der Waals surface area contributed by atoms with E-state index in [2.05, 4.69) is 25.4 Å². The summed E-state index contributed by atoms with van der Waals surface area (Å²) < 4.78 is 1.71. The minimum absolute atomic E-state index is 0.401. The number of anilines is 2. The van der Waals surface area contributed by atoms with E-state index in [0.29, 0.717) is 22.5 Å². The number of fused-ring (bicyclic) bond motifs is 1. The Morgan fingerprint density at radius 2 is 1.72 bits per heavy atom. The van der Waals surface area contributed by atoms with Gasteiger partial charge in [0.05, 0.1) is 22.5 Å². The predicted molar refractivity (Wildman–Crippen MR) is 112 cm³/mol. The summed E-state index contributed by atoms with van der Waals surface area (Å²) in [6.45, 7) is 0. The second-order valence-electron chi connectivity index (χ2n) is 6.24. The van der Waals surface area contributed by atoms with Crippen molar-refractivity contribution >= 4 is 28.8 Å². The maximum absolute atomic E-state index is 6.11. The van der Waals surface area contributed by atoms with Crippen molar-refractivity contribution in [2.75, 3.05) is 5.32 Å². The zero-order valence-corrected chi connectivity index (χ0v) is 15.8. The Hall–Kier alpha value is -3.84. The molecular weight excluding hydrogens is 386 g/mol. The highest BCUT2D eigenvalue weighted by Gasteiger charge is 2.19. The highest BCUT2D eigenvalue weighted by Crippen LogP contribution is 2.33. The van der Waals surface area contributed by atoms with E-state index < -0.39 is 0 Å². The van der Waals surface area contributed by atoms with Crippen LogP contribution in [0.4, 0.5) is 11.6 Å². The van der Waals surface area contributed by atoms with Crippen LogP contribution in [0.25, 0.3) is 28.2 Å². The summed E-state index contributed by atoms with van der Waals surface area (Å²) >= 11 is 6.11. The Morgan fingerprint density at radius 3 is 2.59 bits per heavy atom. The number of pyridine rings is 1. The topological polar surface area (TPSA) is 80.9 Å². The Balaban J connectivity index is 1.67. The molecule has 29 heavy (non-hydrogen) atoms. The minimum Gasteiger partial charge on any atom is -0.324 e. The monoisotopic (exact) mass is 399 g/mol. The average Bonchev–Trinajstić information content (AvgIpc) is 3.14. The second-order valence-corrected chi connectivity index (χ2v) is 6.62. The molecule has 5 rings (SSSR count). The van der Waals surface area contributed by atoms with E-state index in [1.807, 2.05) is 54.6 Å². The van der Waals surface area contributed by atoms with E-state index in [9.17, 15) is 0 Å². The molecule has 0 spiro atoms.